The summed E-state index contributed by atoms with van der Waals surface area (Å²) in [5, 5.41) is 0. The van der Waals surface area contributed by atoms with Crippen molar-refractivity contribution in [1.29, 1.82) is 0 Å². The van der Waals surface area contributed by atoms with Crippen LogP contribution in [0.5, 0.6) is 0 Å². The van der Waals surface area contributed by atoms with Crippen LogP contribution in [0.1, 0.15) is 37.8 Å². The van der Waals surface area contributed by atoms with Gasteiger partial charge in [-0.2, -0.15) is 0 Å². The van der Waals surface area contributed by atoms with E-state index in [0.717, 1.165) is 29.0 Å². The quantitative estimate of drug-likeness (QED) is 0.868. The van der Waals surface area contributed by atoms with E-state index >= 15 is 0 Å². The maximum Gasteiger partial charge on any atom is 0.264 e. The van der Waals surface area contributed by atoms with Crippen molar-refractivity contribution in [2.45, 2.75) is 32.2 Å². The fraction of sp³-hybridized carbons (Fsp3) is 0.400. The lowest BCUT2D eigenvalue weighted by Gasteiger charge is -2.27. The Bertz CT molecular complexity index is 756. The number of thiophene rings is 1. The molecule has 0 saturated heterocycles. The lowest BCUT2D eigenvalue weighted by atomic mass is 10.1. The predicted molar refractivity (Wildman–Crippen MR) is 79.6 cm³/mol. The third kappa shape index (κ3) is 2.10. The Morgan fingerprint density at radius 1 is 1.33 bits per heavy atom. The van der Waals surface area contributed by atoms with E-state index in [2.05, 4.69) is 16.0 Å². The van der Waals surface area contributed by atoms with Crippen LogP contribution in [0.4, 0.5) is 0 Å². The van der Waals surface area contributed by atoms with Crippen molar-refractivity contribution >= 4 is 17.2 Å². The summed E-state index contributed by atoms with van der Waals surface area (Å²) >= 11 is 1.63. The van der Waals surface area contributed by atoms with Crippen molar-refractivity contribution < 1.29 is 4.79 Å². The van der Waals surface area contributed by atoms with E-state index in [9.17, 15) is 9.59 Å². The Balaban J connectivity index is 1.60. The normalized spacial score (nSPS) is 16.7. The van der Waals surface area contributed by atoms with Crippen LogP contribution in [0.25, 0.3) is 0 Å². The predicted octanol–water partition coefficient (Wildman–Crippen LogP) is 1.52. The number of carbonyl (C=O) groups is 1. The molecule has 108 valence electrons. The number of nitrogens with one attached hydrogen (secondary N) is 1. The third-order valence-corrected chi connectivity index (χ3v) is 5.48. The van der Waals surface area contributed by atoms with Crippen molar-refractivity contribution in [2.24, 2.45) is 0 Å². The molecule has 3 heterocycles. The SMILES string of the molecule is O=C(c1cc2c(s1)CCC2)N1CCc2c(nc[nH]c2=O)C1. The molecule has 2 aliphatic rings. The van der Waals surface area contributed by atoms with Crippen LogP contribution in [0, 0.1) is 0 Å². The molecule has 0 unspecified atom stereocenters. The van der Waals surface area contributed by atoms with Gasteiger partial charge in [0.1, 0.15) is 0 Å². The van der Waals surface area contributed by atoms with E-state index in [1.165, 1.54) is 23.2 Å². The van der Waals surface area contributed by atoms with Crippen LogP contribution in [-0.2, 0) is 25.8 Å². The van der Waals surface area contributed by atoms with Gasteiger partial charge in [-0.05, 0) is 37.3 Å². The fourth-order valence-corrected chi connectivity index (χ4v) is 4.35. The summed E-state index contributed by atoms with van der Waals surface area (Å²) in [6, 6.07) is 2.05. The van der Waals surface area contributed by atoms with Crippen LogP contribution < -0.4 is 5.56 Å². The van der Waals surface area contributed by atoms with Gasteiger partial charge >= 0.3 is 0 Å². The van der Waals surface area contributed by atoms with Gasteiger partial charge in [0.25, 0.3) is 11.5 Å². The van der Waals surface area contributed by atoms with Gasteiger partial charge in [-0.15, -0.1) is 11.3 Å². The first-order chi connectivity index (χ1) is 10.2. The lowest BCUT2D eigenvalue weighted by Crippen LogP contribution is -2.38. The molecule has 0 saturated carbocycles. The molecular weight excluding hydrogens is 286 g/mol. The number of hydrogen-bond donors (Lipinski definition) is 1. The molecule has 1 aliphatic carbocycles. The molecule has 0 fully saturated rings. The van der Waals surface area contributed by atoms with E-state index in [4.69, 9.17) is 0 Å². The topological polar surface area (TPSA) is 66.1 Å². The largest absolute Gasteiger partial charge is 0.332 e. The summed E-state index contributed by atoms with van der Waals surface area (Å²) in [5.41, 5.74) is 2.70. The molecule has 1 N–H and O–H groups in total. The first-order valence-corrected chi connectivity index (χ1v) is 8.00. The zero-order chi connectivity index (χ0) is 14.4. The van der Waals surface area contributed by atoms with E-state index < -0.39 is 0 Å². The fourth-order valence-electron chi connectivity index (χ4n) is 3.13. The average Bonchev–Trinajstić information content (AvgIpc) is 3.07. The molecule has 2 aromatic rings. The Labute approximate surface area is 125 Å². The second-order valence-electron chi connectivity index (χ2n) is 5.55. The summed E-state index contributed by atoms with van der Waals surface area (Å²) in [7, 11) is 0. The number of fused-ring (bicyclic) bond motifs is 2. The zero-order valence-corrected chi connectivity index (χ0v) is 12.3. The Kier molecular flexibility index (Phi) is 2.92. The minimum absolute atomic E-state index is 0.0714. The summed E-state index contributed by atoms with van der Waals surface area (Å²) < 4.78 is 0. The van der Waals surface area contributed by atoms with Gasteiger partial charge in [0, 0.05) is 17.0 Å². The molecule has 5 nitrogen and oxygen atoms in total. The van der Waals surface area contributed by atoms with Gasteiger partial charge in [0.15, 0.2) is 0 Å². The number of aromatic nitrogens is 2. The molecule has 4 rings (SSSR count). The molecule has 1 amide bonds. The van der Waals surface area contributed by atoms with Crippen molar-refractivity contribution in [3.05, 3.63) is 49.3 Å². The highest BCUT2D eigenvalue weighted by Crippen LogP contribution is 2.31. The highest BCUT2D eigenvalue weighted by molar-refractivity contribution is 7.14. The van der Waals surface area contributed by atoms with Gasteiger partial charge < -0.3 is 9.88 Å². The number of nitrogens with zero attached hydrogens (tertiary/aromatic N) is 2. The van der Waals surface area contributed by atoms with Crippen LogP contribution in [0.3, 0.4) is 0 Å². The van der Waals surface area contributed by atoms with Gasteiger partial charge in [0.05, 0.1) is 23.4 Å². The van der Waals surface area contributed by atoms with Gasteiger partial charge in [-0.1, -0.05) is 0 Å². The first-order valence-electron chi connectivity index (χ1n) is 7.18. The lowest BCUT2D eigenvalue weighted by molar-refractivity contribution is 0.0736. The minimum Gasteiger partial charge on any atom is -0.332 e. The Morgan fingerprint density at radius 2 is 2.24 bits per heavy atom. The van der Waals surface area contributed by atoms with Gasteiger partial charge in [-0.3, -0.25) is 9.59 Å². The second-order valence-corrected chi connectivity index (χ2v) is 6.68. The number of rotatable bonds is 1. The number of amides is 1. The first kappa shape index (κ1) is 12.8. The third-order valence-electron chi connectivity index (χ3n) is 4.26. The highest BCUT2D eigenvalue weighted by atomic mass is 32.1. The Morgan fingerprint density at radius 3 is 3.10 bits per heavy atom. The summed E-state index contributed by atoms with van der Waals surface area (Å²) in [6.07, 6.45) is 5.40. The van der Waals surface area contributed by atoms with Crippen LogP contribution in [0.15, 0.2) is 17.2 Å². The Hall–Kier alpha value is -1.95. The molecule has 2 aromatic heterocycles. The molecule has 21 heavy (non-hydrogen) atoms. The summed E-state index contributed by atoms with van der Waals surface area (Å²) in [5.74, 6) is 0.0714. The van der Waals surface area contributed by atoms with Crippen molar-refractivity contribution in [3.8, 4) is 0 Å². The molecule has 0 spiro atoms. The van der Waals surface area contributed by atoms with Crippen LogP contribution in [-0.4, -0.2) is 27.3 Å². The number of H-pyrrole nitrogens is 1. The van der Waals surface area contributed by atoms with Gasteiger partial charge in [-0.25, -0.2) is 4.98 Å². The number of aryl methyl sites for hydroxylation is 2. The maximum absolute atomic E-state index is 12.6. The number of hydrogen-bond acceptors (Lipinski definition) is 4. The molecule has 0 bridgehead atoms. The average molecular weight is 301 g/mol. The molecule has 0 atom stereocenters. The molecule has 1 aliphatic heterocycles. The molecule has 0 aromatic carbocycles. The second kappa shape index (κ2) is 4.80. The monoisotopic (exact) mass is 301 g/mol. The van der Waals surface area contributed by atoms with Crippen molar-refractivity contribution in [3.63, 3.8) is 0 Å². The molecular formula is C15H15N3O2S. The van der Waals surface area contributed by atoms with E-state index in [1.54, 1.807) is 16.2 Å². The van der Waals surface area contributed by atoms with Crippen molar-refractivity contribution in [1.82, 2.24) is 14.9 Å². The van der Waals surface area contributed by atoms with Crippen molar-refractivity contribution in [2.75, 3.05) is 6.54 Å². The summed E-state index contributed by atoms with van der Waals surface area (Å²) in [4.78, 5) is 35.1. The van der Waals surface area contributed by atoms with Crippen LogP contribution in [0.2, 0.25) is 0 Å². The van der Waals surface area contributed by atoms with E-state index in [1.807, 2.05) is 0 Å². The van der Waals surface area contributed by atoms with E-state index in [0.29, 0.717) is 19.5 Å². The molecule has 6 heteroatoms. The van der Waals surface area contributed by atoms with Gasteiger partial charge in [0.2, 0.25) is 0 Å². The smallest absolute Gasteiger partial charge is 0.264 e. The highest BCUT2D eigenvalue weighted by Gasteiger charge is 2.26. The standard InChI is InChI=1S/C15H15N3O2S/c19-14-10-4-5-18(7-11(10)16-8-17-14)15(20)13-6-9-2-1-3-12(9)21-13/h6,8H,1-5,7H2,(H,16,17,19). The molecule has 0 radical (unpaired) electrons. The number of aromatic amines is 1. The van der Waals surface area contributed by atoms with Crippen LogP contribution >= 0.6 is 11.3 Å². The summed E-state index contributed by atoms with van der Waals surface area (Å²) in [6.45, 7) is 1.02. The number of carbonyl (C=O) groups excluding carboxylic acids is 1. The maximum atomic E-state index is 12.6. The zero-order valence-electron chi connectivity index (χ0n) is 11.5. The minimum atomic E-state index is -0.0813. The van der Waals surface area contributed by atoms with E-state index in [-0.39, 0.29) is 11.5 Å².